The fourth-order valence-electron chi connectivity index (χ4n) is 1.77. The first-order valence-electron chi connectivity index (χ1n) is 7.06. The summed E-state index contributed by atoms with van der Waals surface area (Å²) in [6.45, 7) is 6.67. The smallest absolute Gasteiger partial charge is 0.248 e. The molecule has 2 rings (SSSR count). The molecule has 0 radical (unpaired) electrons. The van der Waals surface area contributed by atoms with Gasteiger partial charge in [0.1, 0.15) is 6.54 Å². The maximum Gasteiger partial charge on any atom is 0.248 e. The molecule has 0 spiro atoms. The Morgan fingerprint density at radius 1 is 1.41 bits per heavy atom. The molecule has 0 saturated carbocycles. The van der Waals surface area contributed by atoms with Gasteiger partial charge in [0.25, 0.3) is 0 Å². The van der Waals surface area contributed by atoms with Crippen molar-refractivity contribution in [2.45, 2.75) is 33.4 Å². The predicted molar refractivity (Wildman–Crippen MR) is 94.1 cm³/mol. The van der Waals surface area contributed by atoms with E-state index in [1.807, 2.05) is 23.9 Å². The molecule has 0 atom stereocenters. The standard InChI is InChI=1S/C13H21N7O.HI/c1-3-14-13(16-10-12-18-11(2)19-21-12)15-6-4-8-20-9-5-7-17-20;/h5,7,9H,3-4,6,8,10H2,1-2H3,(H2,14,15,16);1H. The third-order valence-corrected chi connectivity index (χ3v) is 2.70. The lowest BCUT2D eigenvalue weighted by molar-refractivity contribution is 0.376. The Balaban J connectivity index is 0.00000242. The van der Waals surface area contributed by atoms with Crippen LogP contribution in [0.15, 0.2) is 28.0 Å². The minimum absolute atomic E-state index is 0. The summed E-state index contributed by atoms with van der Waals surface area (Å²) in [7, 11) is 0. The molecular formula is C13H22IN7O. The van der Waals surface area contributed by atoms with Crippen molar-refractivity contribution in [2.24, 2.45) is 4.99 Å². The number of hydrogen-bond donors (Lipinski definition) is 2. The van der Waals surface area contributed by atoms with Crippen LogP contribution >= 0.6 is 24.0 Å². The van der Waals surface area contributed by atoms with Crippen molar-refractivity contribution in [3.05, 3.63) is 30.2 Å². The average molecular weight is 419 g/mol. The monoisotopic (exact) mass is 419 g/mol. The van der Waals surface area contributed by atoms with Crippen molar-refractivity contribution in [3.8, 4) is 0 Å². The van der Waals surface area contributed by atoms with E-state index in [2.05, 4.69) is 30.9 Å². The molecule has 0 aliphatic heterocycles. The van der Waals surface area contributed by atoms with Gasteiger partial charge in [-0.3, -0.25) is 4.68 Å². The first-order valence-corrected chi connectivity index (χ1v) is 7.06. The Morgan fingerprint density at radius 2 is 2.27 bits per heavy atom. The lowest BCUT2D eigenvalue weighted by Crippen LogP contribution is -2.38. The number of guanidine groups is 1. The Hall–Kier alpha value is -1.65. The number of hydrogen-bond acceptors (Lipinski definition) is 5. The predicted octanol–water partition coefficient (Wildman–Crippen LogP) is 1.34. The van der Waals surface area contributed by atoms with E-state index in [1.54, 1.807) is 13.1 Å². The van der Waals surface area contributed by atoms with Crippen LogP contribution in [0.2, 0.25) is 0 Å². The Kier molecular flexibility index (Phi) is 8.48. The number of nitrogens with one attached hydrogen (secondary N) is 2. The molecule has 2 N–H and O–H groups in total. The summed E-state index contributed by atoms with van der Waals surface area (Å²) in [6.07, 6.45) is 4.70. The van der Waals surface area contributed by atoms with Gasteiger partial charge in [0.2, 0.25) is 5.89 Å². The zero-order chi connectivity index (χ0) is 14.9. The van der Waals surface area contributed by atoms with E-state index in [0.29, 0.717) is 18.3 Å². The molecule has 22 heavy (non-hydrogen) atoms. The van der Waals surface area contributed by atoms with Gasteiger partial charge in [-0.25, -0.2) is 4.99 Å². The second kappa shape index (κ2) is 10.1. The molecule has 0 aromatic carbocycles. The van der Waals surface area contributed by atoms with Crippen LogP contribution in [0, 0.1) is 6.92 Å². The molecular weight excluding hydrogens is 397 g/mol. The van der Waals surface area contributed by atoms with Gasteiger partial charge < -0.3 is 15.2 Å². The third kappa shape index (κ3) is 6.41. The Labute approximate surface area is 146 Å². The van der Waals surface area contributed by atoms with Crippen LogP contribution in [0.5, 0.6) is 0 Å². The number of aryl methyl sites for hydroxylation is 2. The topological polar surface area (TPSA) is 93.2 Å². The van der Waals surface area contributed by atoms with Gasteiger partial charge in [0, 0.05) is 32.0 Å². The molecule has 0 fully saturated rings. The second-order valence-corrected chi connectivity index (χ2v) is 4.48. The molecule has 0 aliphatic carbocycles. The Morgan fingerprint density at radius 3 is 2.91 bits per heavy atom. The SMILES string of the molecule is CCNC(=NCc1nc(C)no1)NCCCn1cccn1.I. The van der Waals surface area contributed by atoms with Crippen LogP contribution in [0.4, 0.5) is 0 Å². The van der Waals surface area contributed by atoms with E-state index in [-0.39, 0.29) is 24.0 Å². The summed E-state index contributed by atoms with van der Waals surface area (Å²) in [5.74, 6) is 1.88. The summed E-state index contributed by atoms with van der Waals surface area (Å²) < 4.78 is 6.94. The molecule has 122 valence electrons. The van der Waals surface area contributed by atoms with Crippen LogP contribution in [0.1, 0.15) is 25.1 Å². The van der Waals surface area contributed by atoms with E-state index in [1.165, 1.54) is 0 Å². The number of aliphatic imine (C=N–C) groups is 1. The zero-order valence-electron chi connectivity index (χ0n) is 12.8. The van der Waals surface area contributed by atoms with Gasteiger partial charge in [-0.1, -0.05) is 5.16 Å². The van der Waals surface area contributed by atoms with Crippen molar-refractivity contribution in [1.29, 1.82) is 0 Å². The Bertz CT molecular complexity index is 552. The maximum atomic E-state index is 5.03. The van der Waals surface area contributed by atoms with E-state index >= 15 is 0 Å². The van der Waals surface area contributed by atoms with Crippen LogP contribution in [0.25, 0.3) is 0 Å². The second-order valence-electron chi connectivity index (χ2n) is 4.48. The lowest BCUT2D eigenvalue weighted by atomic mass is 10.4. The quantitative estimate of drug-likeness (QED) is 0.305. The van der Waals surface area contributed by atoms with Crippen molar-refractivity contribution in [3.63, 3.8) is 0 Å². The van der Waals surface area contributed by atoms with E-state index in [4.69, 9.17) is 4.52 Å². The highest BCUT2D eigenvalue weighted by Gasteiger charge is 2.02. The molecule has 2 aromatic rings. The summed E-state index contributed by atoms with van der Waals surface area (Å²) in [5.41, 5.74) is 0. The first kappa shape index (κ1) is 18.4. The van der Waals surface area contributed by atoms with Crippen LogP contribution in [0.3, 0.4) is 0 Å². The third-order valence-electron chi connectivity index (χ3n) is 2.70. The molecule has 9 heteroatoms. The fourth-order valence-corrected chi connectivity index (χ4v) is 1.77. The summed E-state index contributed by atoms with van der Waals surface area (Å²) in [4.78, 5) is 8.53. The van der Waals surface area contributed by atoms with Gasteiger partial charge in [0.15, 0.2) is 11.8 Å². The van der Waals surface area contributed by atoms with Gasteiger partial charge >= 0.3 is 0 Å². The van der Waals surface area contributed by atoms with Crippen LogP contribution in [-0.4, -0.2) is 39.0 Å². The van der Waals surface area contributed by atoms with Crippen LogP contribution in [-0.2, 0) is 13.1 Å². The molecule has 0 amide bonds. The van der Waals surface area contributed by atoms with Gasteiger partial charge in [-0.05, 0) is 26.3 Å². The van der Waals surface area contributed by atoms with E-state index in [9.17, 15) is 0 Å². The van der Waals surface area contributed by atoms with E-state index in [0.717, 1.165) is 32.0 Å². The normalized spacial score (nSPS) is 11.1. The molecule has 0 saturated heterocycles. The highest BCUT2D eigenvalue weighted by atomic mass is 127. The first-order chi connectivity index (χ1) is 10.3. The van der Waals surface area contributed by atoms with Crippen molar-refractivity contribution < 1.29 is 4.52 Å². The average Bonchev–Trinajstić information content (AvgIpc) is 3.12. The highest BCUT2D eigenvalue weighted by molar-refractivity contribution is 14.0. The lowest BCUT2D eigenvalue weighted by Gasteiger charge is -2.10. The maximum absolute atomic E-state index is 5.03. The largest absolute Gasteiger partial charge is 0.357 e. The minimum Gasteiger partial charge on any atom is -0.357 e. The van der Waals surface area contributed by atoms with Gasteiger partial charge in [-0.2, -0.15) is 10.1 Å². The van der Waals surface area contributed by atoms with Crippen molar-refractivity contribution in [1.82, 2.24) is 30.6 Å². The van der Waals surface area contributed by atoms with E-state index < -0.39 is 0 Å². The number of halogens is 1. The fraction of sp³-hybridized carbons (Fsp3) is 0.538. The molecule has 2 heterocycles. The van der Waals surface area contributed by atoms with Gasteiger partial charge in [0.05, 0.1) is 0 Å². The molecule has 0 aliphatic rings. The number of nitrogens with zero attached hydrogens (tertiary/aromatic N) is 5. The van der Waals surface area contributed by atoms with Crippen molar-refractivity contribution in [2.75, 3.05) is 13.1 Å². The summed E-state index contributed by atoms with van der Waals surface area (Å²) in [5, 5.41) is 14.3. The van der Waals surface area contributed by atoms with Crippen molar-refractivity contribution >= 4 is 29.9 Å². The molecule has 2 aromatic heterocycles. The number of aromatic nitrogens is 4. The minimum atomic E-state index is 0. The van der Waals surface area contributed by atoms with Crippen LogP contribution < -0.4 is 10.6 Å². The van der Waals surface area contributed by atoms with Gasteiger partial charge in [-0.15, -0.1) is 24.0 Å². The molecule has 0 unspecified atom stereocenters. The summed E-state index contributed by atoms with van der Waals surface area (Å²) >= 11 is 0. The molecule has 8 nitrogen and oxygen atoms in total. The summed E-state index contributed by atoms with van der Waals surface area (Å²) in [6, 6.07) is 1.92. The zero-order valence-corrected chi connectivity index (χ0v) is 15.2. The molecule has 0 bridgehead atoms. The highest BCUT2D eigenvalue weighted by Crippen LogP contribution is 1.97. The number of rotatable bonds is 7.